The normalized spacial score (nSPS) is 19.4. The van der Waals surface area contributed by atoms with Gasteiger partial charge in [-0.3, -0.25) is 0 Å². The van der Waals surface area contributed by atoms with E-state index in [1.165, 1.54) is 11.1 Å². The summed E-state index contributed by atoms with van der Waals surface area (Å²) in [5.41, 5.74) is 2.69. The molecule has 1 nitrogen and oxygen atoms in total. The highest BCUT2D eigenvalue weighted by molar-refractivity contribution is 5.30. The molecule has 1 aromatic rings. The maximum absolute atomic E-state index is 5.42. The second-order valence-corrected chi connectivity index (χ2v) is 2.65. The van der Waals surface area contributed by atoms with Crippen molar-refractivity contribution in [2.24, 2.45) is 0 Å². The first-order valence-corrected chi connectivity index (χ1v) is 4.57. The molecule has 0 amide bonds. The van der Waals surface area contributed by atoms with Crippen molar-refractivity contribution in [3.05, 3.63) is 35.4 Å². The molecule has 1 aromatic carbocycles. The predicted octanol–water partition coefficient (Wildman–Crippen LogP) is 3.30. The molecule has 1 aliphatic rings. The Bertz CT molecular complexity index is 243. The summed E-state index contributed by atoms with van der Waals surface area (Å²) in [7, 11) is 0. The summed E-state index contributed by atoms with van der Waals surface area (Å²) >= 11 is 0. The van der Waals surface area contributed by atoms with Crippen LogP contribution in [-0.4, -0.2) is 0 Å². The second kappa shape index (κ2) is 4.27. The first-order chi connectivity index (χ1) is 5.88. The highest BCUT2D eigenvalue weighted by Crippen LogP contribution is 2.28. The Morgan fingerprint density at radius 1 is 1.25 bits per heavy atom. The Morgan fingerprint density at radius 3 is 2.58 bits per heavy atom. The van der Waals surface area contributed by atoms with Crippen LogP contribution in [0.15, 0.2) is 24.3 Å². The van der Waals surface area contributed by atoms with Crippen molar-refractivity contribution < 1.29 is 4.74 Å². The van der Waals surface area contributed by atoms with E-state index in [2.05, 4.69) is 31.2 Å². The van der Waals surface area contributed by atoms with E-state index in [-0.39, 0.29) is 0 Å². The summed E-state index contributed by atoms with van der Waals surface area (Å²) in [4.78, 5) is 0. The molecule has 12 heavy (non-hydrogen) atoms. The Kier molecular flexibility index (Phi) is 3.30. The van der Waals surface area contributed by atoms with Gasteiger partial charge in [0.25, 0.3) is 0 Å². The van der Waals surface area contributed by atoms with Crippen molar-refractivity contribution in [2.45, 2.75) is 33.5 Å². The molecule has 1 atom stereocenters. The quantitative estimate of drug-likeness (QED) is 0.571. The molecular formula is C11H16O. The zero-order valence-corrected chi connectivity index (χ0v) is 8.00. The highest BCUT2D eigenvalue weighted by Gasteiger charge is 2.16. The molecule has 0 saturated carbocycles. The molecule has 0 aromatic heterocycles. The summed E-state index contributed by atoms with van der Waals surface area (Å²) in [6, 6.07) is 8.37. The molecule has 2 rings (SSSR count). The van der Waals surface area contributed by atoms with Gasteiger partial charge in [0, 0.05) is 0 Å². The number of hydrogen-bond donors (Lipinski definition) is 0. The van der Waals surface area contributed by atoms with Crippen molar-refractivity contribution in [3.63, 3.8) is 0 Å². The van der Waals surface area contributed by atoms with Crippen LogP contribution in [0.2, 0.25) is 0 Å². The average Bonchev–Trinajstić information content (AvgIpc) is 2.53. The molecule has 0 spiro atoms. The predicted molar refractivity (Wildman–Crippen MR) is 51.0 cm³/mol. The average molecular weight is 164 g/mol. The van der Waals surface area contributed by atoms with E-state index in [9.17, 15) is 0 Å². The summed E-state index contributed by atoms with van der Waals surface area (Å²) in [6.45, 7) is 6.88. The van der Waals surface area contributed by atoms with Crippen LogP contribution < -0.4 is 0 Å². The second-order valence-electron chi connectivity index (χ2n) is 2.65. The zero-order chi connectivity index (χ0) is 8.97. The van der Waals surface area contributed by atoms with E-state index in [4.69, 9.17) is 4.74 Å². The third-order valence-electron chi connectivity index (χ3n) is 1.98. The Balaban J connectivity index is 0.000000336. The number of ether oxygens (including phenoxy) is 1. The van der Waals surface area contributed by atoms with Gasteiger partial charge in [0.2, 0.25) is 0 Å². The van der Waals surface area contributed by atoms with Gasteiger partial charge in [-0.1, -0.05) is 38.1 Å². The van der Waals surface area contributed by atoms with Crippen LogP contribution in [0, 0.1) is 0 Å². The van der Waals surface area contributed by atoms with Gasteiger partial charge in [0.1, 0.15) is 0 Å². The number of fused-ring (bicyclic) bond motifs is 1. The van der Waals surface area contributed by atoms with Crippen molar-refractivity contribution in [2.75, 3.05) is 0 Å². The fourth-order valence-electron chi connectivity index (χ4n) is 1.37. The molecule has 0 N–H and O–H groups in total. The van der Waals surface area contributed by atoms with Crippen molar-refractivity contribution in [1.29, 1.82) is 0 Å². The summed E-state index contributed by atoms with van der Waals surface area (Å²) < 4.78 is 5.42. The van der Waals surface area contributed by atoms with E-state index in [0.717, 1.165) is 6.61 Å². The highest BCUT2D eigenvalue weighted by atomic mass is 16.5. The lowest BCUT2D eigenvalue weighted by Crippen LogP contribution is -1.85. The van der Waals surface area contributed by atoms with Crippen LogP contribution in [0.3, 0.4) is 0 Å². The van der Waals surface area contributed by atoms with Crippen molar-refractivity contribution in [3.8, 4) is 0 Å². The molecule has 0 bridgehead atoms. The van der Waals surface area contributed by atoms with Gasteiger partial charge >= 0.3 is 0 Å². The van der Waals surface area contributed by atoms with Gasteiger partial charge in [0.05, 0.1) is 12.7 Å². The summed E-state index contributed by atoms with van der Waals surface area (Å²) in [5.74, 6) is 0. The molecule has 1 heterocycles. The lowest BCUT2D eigenvalue weighted by atomic mass is 10.1. The third-order valence-corrected chi connectivity index (χ3v) is 1.98. The largest absolute Gasteiger partial charge is 0.369 e. The van der Waals surface area contributed by atoms with Crippen LogP contribution in [0.5, 0.6) is 0 Å². The molecule has 1 heteroatoms. The minimum Gasteiger partial charge on any atom is -0.369 e. The molecule has 1 unspecified atom stereocenters. The van der Waals surface area contributed by atoms with Gasteiger partial charge in [-0.2, -0.15) is 0 Å². The van der Waals surface area contributed by atoms with Gasteiger partial charge in [-0.05, 0) is 18.1 Å². The summed E-state index contributed by atoms with van der Waals surface area (Å²) in [5, 5.41) is 0. The maximum Gasteiger partial charge on any atom is 0.0804 e. The standard InChI is InChI=1S/C9H10O.C2H6/c1-7-9-5-3-2-4-8(9)6-10-7;1-2/h2-5,7H,6H2,1H3;1-2H3. The van der Waals surface area contributed by atoms with Crippen LogP contribution in [0.4, 0.5) is 0 Å². The van der Waals surface area contributed by atoms with Gasteiger partial charge in [0.15, 0.2) is 0 Å². The van der Waals surface area contributed by atoms with E-state index in [1.807, 2.05) is 13.8 Å². The van der Waals surface area contributed by atoms with E-state index < -0.39 is 0 Å². The Morgan fingerprint density at radius 2 is 1.92 bits per heavy atom. The van der Waals surface area contributed by atoms with Gasteiger partial charge < -0.3 is 4.74 Å². The summed E-state index contributed by atoms with van der Waals surface area (Å²) in [6.07, 6.45) is 0.302. The Labute approximate surface area is 74.4 Å². The van der Waals surface area contributed by atoms with Crippen LogP contribution >= 0.6 is 0 Å². The Hall–Kier alpha value is -0.820. The SMILES string of the molecule is CC.CC1OCc2ccccc21. The van der Waals surface area contributed by atoms with Crippen molar-refractivity contribution in [1.82, 2.24) is 0 Å². The first-order valence-electron chi connectivity index (χ1n) is 4.57. The zero-order valence-electron chi connectivity index (χ0n) is 8.00. The smallest absolute Gasteiger partial charge is 0.0804 e. The van der Waals surface area contributed by atoms with Crippen LogP contribution in [0.1, 0.15) is 38.0 Å². The lowest BCUT2D eigenvalue weighted by molar-refractivity contribution is 0.0796. The first kappa shape index (κ1) is 9.27. The number of benzene rings is 1. The number of rotatable bonds is 0. The van der Waals surface area contributed by atoms with E-state index >= 15 is 0 Å². The van der Waals surface area contributed by atoms with E-state index in [0.29, 0.717) is 6.10 Å². The molecule has 0 radical (unpaired) electrons. The molecule has 0 fully saturated rings. The number of hydrogen-bond acceptors (Lipinski definition) is 1. The minimum absolute atomic E-state index is 0.302. The molecule has 66 valence electrons. The third kappa shape index (κ3) is 1.67. The van der Waals surface area contributed by atoms with E-state index in [1.54, 1.807) is 0 Å². The lowest BCUT2D eigenvalue weighted by Gasteiger charge is -2.00. The molecule has 0 saturated heterocycles. The molecular weight excluding hydrogens is 148 g/mol. The monoisotopic (exact) mass is 164 g/mol. The minimum atomic E-state index is 0.302. The van der Waals surface area contributed by atoms with Crippen LogP contribution in [-0.2, 0) is 11.3 Å². The maximum atomic E-state index is 5.42. The van der Waals surface area contributed by atoms with Crippen LogP contribution in [0.25, 0.3) is 0 Å². The van der Waals surface area contributed by atoms with Gasteiger partial charge in [-0.15, -0.1) is 0 Å². The fourth-order valence-corrected chi connectivity index (χ4v) is 1.37. The fraction of sp³-hybridized carbons (Fsp3) is 0.455. The molecule has 1 aliphatic heterocycles. The topological polar surface area (TPSA) is 9.23 Å². The van der Waals surface area contributed by atoms with Crippen molar-refractivity contribution >= 4 is 0 Å². The molecule has 0 aliphatic carbocycles. The van der Waals surface area contributed by atoms with Gasteiger partial charge in [-0.25, -0.2) is 0 Å².